The van der Waals surface area contributed by atoms with Crippen molar-refractivity contribution >= 4 is 23.5 Å². The molecule has 0 aliphatic heterocycles. The van der Waals surface area contributed by atoms with Gasteiger partial charge in [-0.3, -0.25) is 9.59 Å². The van der Waals surface area contributed by atoms with Crippen LogP contribution in [0.15, 0.2) is 66.7 Å². The van der Waals surface area contributed by atoms with Crippen LogP contribution in [0.3, 0.4) is 0 Å². The Morgan fingerprint density at radius 1 is 1.03 bits per heavy atom. The van der Waals surface area contributed by atoms with Gasteiger partial charge in [0.25, 0.3) is 5.91 Å². The predicted molar refractivity (Wildman–Crippen MR) is 113 cm³/mol. The van der Waals surface area contributed by atoms with E-state index in [-0.39, 0.29) is 30.4 Å². The van der Waals surface area contributed by atoms with Crippen LogP contribution in [0.4, 0.5) is 5.69 Å². The normalized spacial score (nSPS) is 10.1. The van der Waals surface area contributed by atoms with Crippen LogP contribution in [-0.2, 0) is 20.7 Å². The van der Waals surface area contributed by atoms with E-state index in [4.69, 9.17) is 4.74 Å². The molecule has 0 heterocycles. The van der Waals surface area contributed by atoms with Gasteiger partial charge in [0.2, 0.25) is 5.91 Å². The van der Waals surface area contributed by atoms with Crippen LogP contribution < -0.4 is 5.32 Å². The number of rotatable bonds is 9. The summed E-state index contributed by atoms with van der Waals surface area (Å²) in [6, 6.07) is 15.9. The quantitative estimate of drug-likeness (QED) is 0.522. The lowest BCUT2D eigenvalue weighted by Crippen LogP contribution is -2.35. The minimum atomic E-state index is -0.666. The Kier molecular flexibility index (Phi) is 8.15. The van der Waals surface area contributed by atoms with Gasteiger partial charge in [-0.15, -0.1) is 0 Å². The van der Waals surface area contributed by atoms with Crippen LogP contribution in [-0.4, -0.2) is 42.4 Å². The first-order chi connectivity index (χ1) is 13.9. The first kappa shape index (κ1) is 21.9. The fourth-order valence-electron chi connectivity index (χ4n) is 2.74. The second-order valence-corrected chi connectivity index (χ2v) is 6.70. The third-order valence-electron chi connectivity index (χ3n) is 4.15. The molecular weight excluding hydrogens is 368 g/mol. The average Bonchev–Trinajstić information content (AvgIpc) is 2.70. The van der Waals surface area contributed by atoms with Crippen LogP contribution in [0.1, 0.15) is 29.8 Å². The molecule has 1 N–H and O–H groups in total. The summed E-state index contributed by atoms with van der Waals surface area (Å²) in [5, 5.41) is 2.74. The van der Waals surface area contributed by atoms with E-state index in [1.807, 2.05) is 44.2 Å². The first-order valence-electron chi connectivity index (χ1n) is 9.42. The van der Waals surface area contributed by atoms with E-state index in [1.165, 1.54) is 0 Å². The summed E-state index contributed by atoms with van der Waals surface area (Å²) in [6.07, 6.45) is 0.190. The molecule has 0 spiro atoms. The second kappa shape index (κ2) is 10.8. The summed E-state index contributed by atoms with van der Waals surface area (Å²) >= 11 is 0. The summed E-state index contributed by atoms with van der Waals surface area (Å²) in [5.41, 5.74) is 2.26. The highest BCUT2D eigenvalue weighted by Crippen LogP contribution is 2.17. The smallest absolute Gasteiger partial charge is 0.340 e. The van der Waals surface area contributed by atoms with Crippen molar-refractivity contribution in [2.24, 2.45) is 0 Å². The third-order valence-corrected chi connectivity index (χ3v) is 4.15. The largest absolute Gasteiger partial charge is 0.452 e. The van der Waals surface area contributed by atoms with Gasteiger partial charge in [0, 0.05) is 13.1 Å². The van der Waals surface area contributed by atoms with Crippen molar-refractivity contribution in [3.63, 3.8) is 0 Å². The molecule has 2 aromatic carbocycles. The van der Waals surface area contributed by atoms with Crippen LogP contribution in [0.2, 0.25) is 0 Å². The summed E-state index contributed by atoms with van der Waals surface area (Å²) in [4.78, 5) is 38.6. The lowest BCUT2D eigenvalue weighted by Gasteiger charge is -2.20. The molecule has 0 aliphatic carbocycles. The minimum Gasteiger partial charge on any atom is -0.452 e. The van der Waals surface area contributed by atoms with E-state index in [2.05, 4.69) is 11.9 Å². The molecule has 0 aliphatic rings. The fraction of sp³-hybridized carbons (Fsp3) is 0.261. The molecule has 0 fully saturated rings. The van der Waals surface area contributed by atoms with Gasteiger partial charge >= 0.3 is 5.97 Å². The van der Waals surface area contributed by atoms with Gasteiger partial charge in [0.15, 0.2) is 6.61 Å². The molecule has 2 aromatic rings. The zero-order valence-corrected chi connectivity index (χ0v) is 16.8. The number of amides is 2. The van der Waals surface area contributed by atoms with Gasteiger partial charge < -0.3 is 15.0 Å². The maximum Gasteiger partial charge on any atom is 0.340 e. The number of ether oxygens (including phenoxy) is 1. The van der Waals surface area contributed by atoms with Crippen molar-refractivity contribution in [2.75, 3.05) is 25.0 Å². The van der Waals surface area contributed by atoms with E-state index in [9.17, 15) is 14.4 Å². The second-order valence-electron chi connectivity index (χ2n) is 6.70. The van der Waals surface area contributed by atoms with Gasteiger partial charge in [0.05, 0.1) is 17.7 Å². The van der Waals surface area contributed by atoms with Gasteiger partial charge in [0.1, 0.15) is 0 Å². The molecule has 0 bridgehead atoms. The highest BCUT2D eigenvalue weighted by atomic mass is 16.5. The molecule has 6 nitrogen and oxygen atoms in total. The average molecular weight is 394 g/mol. The standard InChI is InChI=1S/C23H26N2O4/c1-4-25(15-17(2)3)22(27)16-29-23(28)19-12-8-9-13-20(19)24-21(26)14-18-10-6-5-7-11-18/h5-13H,2,4,14-16H2,1,3H3,(H,24,26). The third kappa shape index (κ3) is 6.92. The summed E-state index contributed by atoms with van der Waals surface area (Å²) in [6.45, 7) is 8.01. The maximum atomic E-state index is 12.5. The van der Waals surface area contributed by atoms with Gasteiger partial charge in [-0.25, -0.2) is 4.79 Å². The number of nitrogens with zero attached hydrogens (tertiary/aromatic N) is 1. The molecule has 0 atom stereocenters. The number of hydrogen-bond donors (Lipinski definition) is 1. The van der Waals surface area contributed by atoms with E-state index in [0.717, 1.165) is 11.1 Å². The lowest BCUT2D eigenvalue weighted by molar-refractivity contribution is -0.133. The van der Waals surface area contributed by atoms with E-state index >= 15 is 0 Å². The van der Waals surface area contributed by atoms with Gasteiger partial charge in [-0.1, -0.05) is 54.6 Å². The van der Waals surface area contributed by atoms with Crippen molar-refractivity contribution in [3.05, 3.63) is 77.9 Å². The first-order valence-corrected chi connectivity index (χ1v) is 9.42. The Morgan fingerprint density at radius 3 is 2.34 bits per heavy atom. The Bertz CT molecular complexity index is 877. The summed E-state index contributed by atoms with van der Waals surface area (Å²) in [7, 11) is 0. The van der Waals surface area contributed by atoms with Crippen LogP contribution in [0.25, 0.3) is 0 Å². The van der Waals surface area contributed by atoms with Crippen LogP contribution in [0.5, 0.6) is 0 Å². The van der Waals surface area contributed by atoms with E-state index in [0.29, 0.717) is 18.8 Å². The molecule has 0 saturated heterocycles. The molecular formula is C23H26N2O4. The number of nitrogens with one attached hydrogen (secondary N) is 1. The molecule has 6 heteroatoms. The van der Waals surface area contributed by atoms with Crippen LogP contribution >= 0.6 is 0 Å². The van der Waals surface area contributed by atoms with Gasteiger partial charge in [-0.2, -0.15) is 0 Å². The minimum absolute atomic E-state index is 0.190. The SMILES string of the molecule is C=C(C)CN(CC)C(=O)COC(=O)c1ccccc1NC(=O)Cc1ccccc1. The molecule has 29 heavy (non-hydrogen) atoms. The monoisotopic (exact) mass is 394 g/mol. The summed E-state index contributed by atoms with van der Waals surface area (Å²) < 4.78 is 5.18. The Hall–Kier alpha value is -3.41. The number of likely N-dealkylation sites (N-methyl/N-ethyl adjacent to an activating group) is 1. The maximum absolute atomic E-state index is 12.5. The molecule has 0 unspecified atom stereocenters. The molecule has 2 amide bonds. The van der Waals surface area contributed by atoms with Crippen LogP contribution in [0, 0.1) is 0 Å². The Morgan fingerprint density at radius 2 is 1.69 bits per heavy atom. The topological polar surface area (TPSA) is 75.7 Å². The number of para-hydroxylation sites is 1. The van der Waals surface area contributed by atoms with Crippen molar-refractivity contribution in [3.8, 4) is 0 Å². The lowest BCUT2D eigenvalue weighted by atomic mass is 10.1. The number of esters is 1. The molecule has 0 saturated carbocycles. The zero-order chi connectivity index (χ0) is 21.2. The summed E-state index contributed by atoms with van der Waals surface area (Å²) in [5.74, 6) is -1.21. The van der Waals surface area contributed by atoms with Crippen molar-refractivity contribution in [1.82, 2.24) is 4.90 Å². The predicted octanol–water partition coefficient (Wildman–Crippen LogP) is 3.45. The van der Waals surface area contributed by atoms with E-state index in [1.54, 1.807) is 29.2 Å². The van der Waals surface area contributed by atoms with Crippen molar-refractivity contribution in [2.45, 2.75) is 20.3 Å². The number of anilines is 1. The van der Waals surface area contributed by atoms with Crippen molar-refractivity contribution in [1.29, 1.82) is 0 Å². The molecule has 152 valence electrons. The zero-order valence-electron chi connectivity index (χ0n) is 16.8. The molecule has 2 rings (SSSR count). The van der Waals surface area contributed by atoms with E-state index < -0.39 is 5.97 Å². The number of hydrogen-bond acceptors (Lipinski definition) is 4. The molecule has 0 aromatic heterocycles. The van der Waals surface area contributed by atoms with Gasteiger partial charge in [-0.05, 0) is 31.5 Å². The fourth-order valence-corrected chi connectivity index (χ4v) is 2.74. The Labute approximate surface area is 171 Å². The number of carbonyl (C=O) groups excluding carboxylic acids is 3. The number of benzene rings is 2. The molecule has 0 radical (unpaired) electrons. The number of carbonyl (C=O) groups is 3. The van der Waals surface area contributed by atoms with Crippen molar-refractivity contribution < 1.29 is 19.1 Å². The highest BCUT2D eigenvalue weighted by Gasteiger charge is 2.18. The Balaban J connectivity index is 1.99. The highest BCUT2D eigenvalue weighted by molar-refractivity contribution is 6.02.